The van der Waals surface area contributed by atoms with Gasteiger partial charge in [0, 0.05) is 29.6 Å². The zero-order valence-corrected chi connectivity index (χ0v) is 13.6. The molecule has 6 heteroatoms. The number of aromatic nitrogens is 2. The summed E-state index contributed by atoms with van der Waals surface area (Å²) in [6.45, 7) is 3.11. The lowest BCUT2D eigenvalue weighted by Gasteiger charge is -2.09. The highest BCUT2D eigenvalue weighted by Gasteiger charge is 1.99. The van der Waals surface area contributed by atoms with E-state index in [4.69, 9.17) is 9.47 Å². The Morgan fingerprint density at radius 1 is 1.04 bits per heavy atom. The van der Waals surface area contributed by atoms with Crippen LogP contribution in [0.2, 0.25) is 0 Å². The molecule has 0 amide bonds. The van der Waals surface area contributed by atoms with E-state index >= 15 is 0 Å². The fourth-order valence-electron chi connectivity index (χ4n) is 1.83. The summed E-state index contributed by atoms with van der Waals surface area (Å²) in [5.74, 6) is 0.257. The van der Waals surface area contributed by atoms with Crippen molar-refractivity contribution < 1.29 is 19.0 Å². The van der Waals surface area contributed by atoms with Crippen LogP contribution in [0.4, 0.5) is 0 Å². The van der Waals surface area contributed by atoms with Crippen LogP contribution in [0.5, 0.6) is 0 Å². The fourth-order valence-corrected chi connectivity index (χ4v) is 1.83. The van der Waals surface area contributed by atoms with E-state index in [1.54, 1.807) is 18.5 Å². The van der Waals surface area contributed by atoms with Crippen LogP contribution in [0, 0.1) is 0 Å². The van der Waals surface area contributed by atoms with Crippen LogP contribution in [0.1, 0.15) is 5.56 Å². The van der Waals surface area contributed by atoms with Crippen LogP contribution < -0.4 is 0 Å². The van der Waals surface area contributed by atoms with Gasteiger partial charge in [0.25, 0.3) is 0 Å². The molecule has 0 aliphatic carbocycles. The van der Waals surface area contributed by atoms with Crippen molar-refractivity contribution in [2.24, 2.45) is 0 Å². The van der Waals surface area contributed by atoms with E-state index in [2.05, 4.69) is 14.7 Å². The number of benzene rings is 1. The SMILES string of the molecule is C1COCCO1.COC(=O)C=Cc1cnc(-c2ccccc2)nc1. The molecule has 1 aromatic carbocycles. The molecule has 126 valence electrons. The molecular formula is C18H20N2O4. The maximum absolute atomic E-state index is 10.9. The molecule has 0 atom stereocenters. The van der Waals surface area contributed by atoms with Crippen molar-refractivity contribution in [2.45, 2.75) is 0 Å². The van der Waals surface area contributed by atoms with Crippen molar-refractivity contribution >= 4 is 12.0 Å². The lowest BCUT2D eigenvalue weighted by Crippen LogP contribution is -2.16. The highest BCUT2D eigenvalue weighted by molar-refractivity contribution is 5.86. The van der Waals surface area contributed by atoms with E-state index < -0.39 is 5.97 Å². The fraction of sp³-hybridized carbons (Fsp3) is 0.278. The predicted octanol–water partition coefficient (Wildman–Crippen LogP) is 2.36. The third-order valence-corrected chi connectivity index (χ3v) is 3.06. The average Bonchev–Trinajstić information content (AvgIpc) is 2.69. The standard InChI is InChI=1S/C14H12N2O2.C4H8O2/c1-18-13(17)8-7-11-9-15-14(16-10-11)12-5-3-2-4-6-12;1-2-6-4-3-5-1/h2-10H,1H3;1-4H2. The minimum absolute atomic E-state index is 0.401. The number of ether oxygens (including phenoxy) is 3. The van der Waals surface area contributed by atoms with Gasteiger partial charge in [0.15, 0.2) is 5.82 Å². The molecule has 0 saturated carbocycles. The number of esters is 1. The quantitative estimate of drug-likeness (QED) is 0.636. The summed E-state index contributed by atoms with van der Waals surface area (Å²) in [6, 6.07) is 9.70. The molecule has 6 nitrogen and oxygen atoms in total. The highest BCUT2D eigenvalue weighted by Crippen LogP contribution is 2.13. The van der Waals surface area contributed by atoms with E-state index in [9.17, 15) is 4.79 Å². The molecule has 1 fully saturated rings. The Hall–Kier alpha value is -2.57. The molecule has 0 spiro atoms. The van der Waals surface area contributed by atoms with Gasteiger partial charge in [0.05, 0.1) is 33.5 Å². The van der Waals surface area contributed by atoms with Gasteiger partial charge in [-0.1, -0.05) is 30.3 Å². The number of nitrogens with zero attached hydrogens (tertiary/aromatic N) is 2. The summed E-state index contributed by atoms with van der Waals surface area (Å²) in [6.07, 6.45) is 6.27. The lowest BCUT2D eigenvalue weighted by atomic mass is 10.2. The first kappa shape index (κ1) is 17.8. The Bertz CT molecular complexity index is 626. The van der Waals surface area contributed by atoms with Gasteiger partial charge in [0.1, 0.15) is 0 Å². The molecule has 0 N–H and O–H groups in total. The van der Waals surface area contributed by atoms with Crippen molar-refractivity contribution in [3.05, 3.63) is 54.4 Å². The second kappa shape index (κ2) is 10.3. The Labute approximate surface area is 141 Å². The predicted molar refractivity (Wildman–Crippen MR) is 90.2 cm³/mol. The molecule has 1 aromatic heterocycles. The van der Waals surface area contributed by atoms with E-state index in [0.29, 0.717) is 5.82 Å². The van der Waals surface area contributed by atoms with Crippen LogP contribution in [-0.2, 0) is 19.0 Å². The normalized spacial score (nSPS) is 13.9. The number of hydrogen-bond donors (Lipinski definition) is 0. The van der Waals surface area contributed by atoms with E-state index in [0.717, 1.165) is 37.6 Å². The third-order valence-electron chi connectivity index (χ3n) is 3.06. The Balaban J connectivity index is 0.000000292. The van der Waals surface area contributed by atoms with Crippen molar-refractivity contribution in [3.63, 3.8) is 0 Å². The van der Waals surface area contributed by atoms with Crippen LogP contribution >= 0.6 is 0 Å². The van der Waals surface area contributed by atoms with E-state index in [1.165, 1.54) is 13.2 Å². The van der Waals surface area contributed by atoms with Crippen LogP contribution in [0.25, 0.3) is 17.5 Å². The van der Waals surface area contributed by atoms with E-state index in [-0.39, 0.29) is 0 Å². The second-order valence-corrected chi connectivity index (χ2v) is 4.79. The molecule has 0 unspecified atom stereocenters. The van der Waals surface area contributed by atoms with Crippen LogP contribution in [-0.4, -0.2) is 49.5 Å². The second-order valence-electron chi connectivity index (χ2n) is 4.79. The van der Waals surface area contributed by atoms with Crippen molar-refractivity contribution in [3.8, 4) is 11.4 Å². The molecule has 2 heterocycles. The van der Waals surface area contributed by atoms with Gasteiger partial charge in [-0.3, -0.25) is 0 Å². The maximum Gasteiger partial charge on any atom is 0.330 e. The monoisotopic (exact) mass is 328 g/mol. The molecule has 0 radical (unpaired) electrons. The van der Waals surface area contributed by atoms with Crippen molar-refractivity contribution in [1.29, 1.82) is 0 Å². The van der Waals surface area contributed by atoms with Crippen LogP contribution in [0.15, 0.2) is 48.8 Å². The molecular weight excluding hydrogens is 308 g/mol. The molecule has 24 heavy (non-hydrogen) atoms. The molecule has 1 aliphatic heterocycles. The van der Waals surface area contributed by atoms with Crippen LogP contribution in [0.3, 0.4) is 0 Å². The lowest BCUT2D eigenvalue weighted by molar-refractivity contribution is -0.134. The van der Waals surface area contributed by atoms with Gasteiger partial charge in [0.2, 0.25) is 0 Å². The first-order chi connectivity index (χ1) is 11.8. The summed E-state index contributed by atoms with van der Waals surface area (Å²) < 4.78 is 14.4. The Morgan fingerprint density at radius 2 is 1.62 bits per heavy atom. The van der Waals surface area contributed by atoms with Gasteiger partial charge in [-0.2, -0.15) is 0 Å². The molecule has 0 bridgehead atoms. The first-order valence-corrected chi connectivity index (χ1v) is 7.58. The van der Waals surface area contributed by atoms with Crippen molar-refractivity contribution in [1.82, 2.24) is 9.97 Å². The van der Waals surface area contributed by atoms with Gasteiger partial charge < -0.3 is 14.2 Å². The third kappa shape index (κ3) is 6.28. The van der Waals surface area contributed by atoms with E-state index in [1.807, 2.05) is 30.3 Å². The highest BCUT2D eigenvalue weighted by atomic mass is 16.6. The first-order valence-electron chi connectivity index (χ1n) is 7.58. The van der Waals surface area contributed by atoms with Crippen molar-refractivity contribution in [2.75, 3.05) is 33.5 Å². The summed E-state index contributed by atoms with van der Waals surface area (Å²) in [5.41, 5.74) is 1.71. The minimum Gasteiger partial charge on any atom is -0.466 e. The Kier molecular flexibility index (Phi) is 7.59. The average molecular weight is 328 g/mol. The largest absolute Gasteiger partial charge is 0.466 e. The summed E-state index contributed by atoms with van der Waals surface area (Å²) in [7, 11) is 1.33. The summed E-state index contributed by atoms with van der Waals surface area (Å²) in [4.78, 5) is 19.4. The molecule has 3 rings (SSSR count). The Morgan fingerprint density at radius 3 is 2.12 bits per heavy atom. The maximum atomic E-state index is 10.9. The van der Waals surface area contributed by atoms with Gasteiger partial charge in [-0.05, 0) is 6.08 Å². The van der Waals surface area contributed by atoms with Gasteiger partial charge in [-0.15, -0.1) is 0 Å². The number of carbonyl (C=O) groups is 1. The zero-order valence-electron chi connectivity index (χ0n) is 13.6. The summed E-state index contributed by atoms with van der Waals surface area (Å²) in [5, 5.41) is 0. The molecule has 2 aromatic rings. The molecule has 1 saturated heterocycles. The topological polar surface area (TPSA) is 70.5 Å². The molecule has 1 aliphatic rings. The minimum atomic E-state index is -0.401. The number of rotatable bonds is 3. The van der Waals surface area contributed by atoms with Gasteiger partial charge in [-0.25, -0.2) is 14.8 Å². The number of methoxy groups -OCH3 is 1. The smallest absolute Gasteiger partial charge is 0.330 e. The number of hydrogen-bond acceptors (Lipinski definition) is 6. The number of carbonyl (C=O) groups excluding carboxylic acids is 1. The van der Waals surface area contributed by atoms with Gasteiger partial charge >= 0.3 is 5.97 Å². The zero-order chi connectivity index (χ0) is 17.0. The summed E-state index contributed by atoms with van der Waals surface area (Å²) >= 11 is 0.